The van der Waals surface area contributed by atoms with Crippen molar-refractivity contribution >= 4 is 11.6 Å². The van der Waals surface area contributed by atoms with Crippen molar-refractivity contribution in [2.45, 2.75) is 39.2 Å². The van der Waals surface area contributed by atoms with Crippen molar-refractivity contribution in [3.8, 4) is 0 Å². The van der Waals surface area contributed by atoms with E-state index in [1.165, 1.54) is 0 Å². The standard InChI is InChI=1S/C16H24N2O2/c1-3-8-17-15-5-4-12(2)11-14(15)16(19)18-13-6-9-20-10-7-13/h4-5,11,13,17H,3,6-10H2,1-2H3,(H,18,19). The number of nitrogens with one attached hydrogen (secondary N) is 2. The molecule has 4 heteroatoms. The van der Waals surface area contributed by atoms with E-state index < -0.39 is 0 Å². The molecule has 2 rings (SSSR count). The fraction of sp³-hybridized carbons (Fsp3) is 0.562. The Balaban J connectivity index is 2.08. The molecule has 4 nitrogen and oxygen atoms in total. The molecule has 0 spiro atoms. The van der Waals surface area contributed by atoms with Gasteiger partial charge in [0.2, 0.25) is 0 Å². The predicted octanol–water partition coefficient (Wildman–Crippen LogP) is 2.73. The molecule has 1 fully saturated rings. The van der Waals surface area contributed by atoms with E-state index in [-0.39, 0.29) is 11.9 Å². The van der Waals surface area contributed by atoms with Crippen LogP contribution in [0.1, 0.15) is 42.1 Å². The zero-order valence-electron chi connectivity index (χ0n) is 12.4. The van der Waals surface area contributed by atoms with E-state index in [2.05, 4.69) is 17.6 Å². The Hall–Kier alpha value is -1.55. The van der Waals surface area contributed by atoms with Crippen molar-refractivity contribution in [3.05, 3.63) is 29.3 Å². The SMILES string of the molecule is CCCNc1ccc(C)cc1C(=O)NC1CCOCC1. The average Bonchev–Trinajstić information content (AvgIpc) is 2.47. The van der Waals surface area contributed by atoms with Gasteiger partial charge in [-0.2, -0.15) is 0 Å². The number of amides is 1. The Bertz CT molecular complexity index is 454. The molecule has 20 heavy (non-hydrogen) atoms. The van der Waals surface area contributed by atoms with Crippen LogP contribution < -0.4 is 10.6 Å². The third-order valence-corrected chi connectivity index (χ3v) is 3.54. The molecular weight excluding hydrogens is 252 g/mol. The summed E-state index contributed by atoms with van der Waals surface area (Å²) in [5.41, 5.74) is 2.76. The van der Waals surface area contributed by atoms with E-state index in [9.17, 15) is 4.79 Å². The lowest BCUT2D eigenvalue weighted by molar-refractivity contribution is 0.0697. The maximum Gasteiger partial charge on any atom is 0.253 e. The molecule has 1 aromatic rings. The number of hydrogen-bond donors (Lipinski definition) is 2. The lowest BCUT2D eigenvalue weighted by Crippen LogP contribution is -2.39. The molecule has 0 aliphatic carbocycles. The highest BCUT2D eigenvalue weighted by molar-refractivity contribution is 6.00. The quantitative estimate of drug-likeness (QED) is 0.869. The van der Waals surface area contributed by atoms with E-state index in [1.807, 2.05) is 25.1 Å². The van der Waals surface area contributed by atoms with Gasteiger partial charge in [0.25, 0.3) is 5.91 Å². The van der Waals surface area contributed by atoms with Crippen molar-refractivity contribution in [2.24, 2.45) is 0 Å². The Kier molecular flexibility index (Phi) is 5.41. The molecule has 0 radical (unpaired) electrons. The zero-order chi connectivity index (χ0) is 14.4. The molecule has 0 atom stereocenters. The number of rotatable bonds is 5. The van der Waals surface area contributed by atoms with Crippen molar-refractivity contribution in [1.82, 2.24) is 5.32 Å². The molecule has 1 saturated heterocycles. The van der Waals surface area contributed by atoms with E-state index in [1.54, 1.807) is 0 Å². The summed E-state index contributed by atoms with van der Waals surface area (Å²) in [5, 5.41) is 6.44. The monoisotopic (exact) mass is 276 g/mol. The summed E-state index contributed by atoms with van der Waals surface area (Å²) in [5.74, 6) is 0.0132. The summed E-state index contributed by atoms with van der Waals surface area (Å²) < 4.78 is 5.32. The molecule has 2 N–H and O–H groups in total. The van der Waals surface area contributed by atoms with Crippen LogP contribution in [0.15, 0.2) is 18.2 Å². The van der Waals surface area contributed by atoms with Crippen LogP contribution in [0, 0.1) is 6.92 Å². The normalized spacial score (nSPS) is 15.9. The molecule has 0 bridgehead atoms. The van der Waals surface area contributed by atoms with Gasteiger partial charge in [0.05, 0.1) is 5.56 Å². The minimum Gasteiger partial charge on any atom is -0.384 e. The van der Waals surface area contributed by atoms with E-state index in [0.717, 1.165) is 55.8 Å². The summed E-state index contributed by atoms with van der Waals surface area (Å²) in [7, 11) is 0. The third-order valence-electron chi connectivity index (χ3n) is 3.54. The second-order valence-corrected chi connectivity index (χ2v) is 5.34. The second-order valence-electron chi connectivity index (χ2n) is 5.34. The molecule has 0 saturated carbocycles. The first kappa shape index (κ1) is 14.9. The Morgan fingerprint density at radius 2 is 2.10 bits per heavy atom. The first-order valence-electron chi connectivity index (χ1n) is 7.44. The highest BCUT2D eigenvalue weighted by Gasteiger charge is 2.18. The number of benzene rings is 1. The Labute approximate surface area is 120 Å². The van der Waals surface area contributed by atoms with Gasteiger partial charge in [-0.3, -0.25) is 4.79 Å². The van der Waals surface area contributed by atoms with Gasteiger partial charge in [0.15, 0.2) is 0 Å². The predicted molar refractivity (Wildman–Crippen MR) is 81.3 cm³/mol. The van der Waals surface area contributed by atoms with Crippen LogP contribution in [0.25, 0.3) is 0 Å². The number of aryl methyl sites for hydroxylation is 1. The lowest BCUT2D eigenvalue weighted by Gasteiger charge is -2.23. The molecular formula is C16H24N2O2. The van der Waals surface area contributed by atoms with Crippen LogP contribution >= 0.6 is 0 Å². The largest absolute Gasteiger partial charge is 0.384 e. The number of carbonyl (C=O) groups excluding carboxylic acids is 1. The summed E-state index contributed by atoms with van der Waals surface area (Å²) in [4.78, 5) is 12.5. The van der Waals surface area contributed by atoms with Crippen LogP contribution in [-0.2, 0) is 4.74 Å². The summed E-state index contributed by atoms with van der Waals surface area (Å²) >= 11 is 0. The van der Waals surface area contributed by atoms with Gasteiger partial charge in [-0.25, -0.2) is 0 Å². The lowest BCUT2D eigenvalue weighted by atomic mass is 10.1. The summed E-state index contributed by atoms with van der Waals surface area (Å²) in [6, 6.07) is 6.20. The van der Waals surface area contributed by atoms with Crippen molar-refractivity contribution < 1.29 is 9.53 Å². The third kappa shape index (κ3) is 3.97. The summed E-state index contributed by atoms with van der Waals surface area (Å²) in [6.07, 6.45) is 2.83. The molecule has 0 unspecified atom stereocenters. The van der Waals surface area contributed by atoms with Gasteiger partial charge in [-0.1, -0.05) is 18.6 Å². The first-order chi connectivity index (χ1) is 9.70. The van der Waals surface area contributed by atoms with E-state index in [0.29, 0.717) is 0 Å². The maximum absolute atomic E-state index is 12.5. The number of hydrogen-bond acceptors (Lipinski definition) is 3. The smallest absolute Gasteiger partial charge is 0.253 e. The molecule has 1 aliphatic heterocycles. The van der Waals surface area contributed by atoms with Gasteiger partial charge in [0.1, 0.15) is 0 Å². The molecule has 1 heterocycles. The molecule has 0 aromatic heterocycles. The number of ether oxygens (including phenoxy) is 1. The fourth-order valence-corrected chi connectivity index (χ4v) is 2.36. The minimum absolute atomic E-state index is 0.0132. The van der Waals surface area contributed by atoms with Crippen LogP contribution in [0.2, 0.25) is 0 Å². The van der Waals surface area contributed by atoms with Crippen molar-refractivity contribution in [1.29, 1.82) is 0 Å². The van der Waals surface area contributed by atoms with Gasteiger partial charge in [-0.15, -0.1) is 0 Å². The van der Waals surface area contributed by atoms with Crippen LogP contribution in [0.4, 0.5) is 5.69 Å². The minimum atomic E-state index is 0.0132. The highest BCUT2D eigenvalue weighted by atomic mass is 16.5. The van der Waals surface area contributed by atoms with Crippen LogP contribution in [0.3, 0.4) is 0 Å². The maximum atomic E-state index is 12.5. The highest BCUT2D eigenvalue weighted by Crippen LogP contribution is 2.18. The van der Waals surface area contributed by atoms with Crippen molar-refractivity contribution in [3.63, 3.8) is 0 Å². The molecule has 1 amide bonds. The number of carbonyl (C=O) groups is 1. The Morgan fingerprint density at radius 3 is 2.80 bits per heavy atom. The second kappa shape index (κ2) is 7.29. The van der Waals surface area contributed by atoms with Gasteiger partial charge in [0, 0.05) is 31.5 Å². The zero-order valence-corrected chi connectivity index (χ0v) is 12.4. The fourth-order valence-electron chi connectivity index (χ4n) is 2.36. The number of anilines is 1. The Morgan fingerprint density at radius 1 is 1.35 bits per heavy atom. The van der Waals surface area contributed by atoms with Crippen LogP contribution in [0.5, 0.6) is 0 Å². The summed E-state index contributed by atoms with van der Waals surface area (Å²) in [6.45, 7) is 6.47. The molecule has 1 aromatic carbocycles. The van der Waals surface area contributed by atoms with E-state index >= 15 is 0 Å². The first-order valence-corrected chi connectivity index (χ1v) is 7.44. The van der Waals surface area contributed by atoms with Gasteiger partial charge in [-0.05, 0) is 38.3 Å². The van der Waals surface area contributed by atoms with Gasteiger partial charge >= 0.3 is 0 Å². The van der Waals surface area contributed by atoms with Crippen LogP contribution in [-0.4, -0.2) is 31.7 Å². The van der Waals surface area contributed by atoms with Crippen molar-refractivity contribution in [2.75, 3.05) is 25.1 Å². The molecule has 110 valence electrons. The topological polar surface area (TPSA) is 50.4 Å². The molecule has 1 aliphatic rings. The van der Waals surface area contributed by atoms with Gasteiger partial charge < -0.3 is 15.4 Å². The average molecular weight is 276 g/mol. The van der Waals surface area contributed by atoms with E-state index in [4.69, 9.17) is 4.74 Å².